The molecule has 0 aliphatic rings. The molecule has 4 aromatic rings. The average Bonchev–Trinajstić information content (AvgIpc) is 3.16. The van der Waals surface area contributed by atoms with Gasteiger partial charge in [-0.05, 0) is 35.9 Å². The van der Waals surface area contributed by atoms with Crippen LogP contribution in [-0.4, -0.2) is 47.2 Å². The van der Waals surface area contributed by atoms with Gasteiger partial charge in [0.25, 0.3) is 5.91 Å². The number of nitrogens with one attached hydrogen (secondary N) is 1. The fourth-order valence-electron chi connectivity index (χ4n) is 3.27. The van der Waals surface area contributed by atoms with Crippen molar-refractivity contribution in [2.45, 2.75) is 0 Å². The molecule has 3 N–H and O–H groups in total. The third kappa shape index (κ3) is 3.27. The van der Waals surface area contributed by atoms with Gasteiger partial charge in [-0.1, -0.05) is 18.2 Å². The second-order valence-corrected chi connectivity index (χ2v) is 6.89. The lowest BCUT2D eigenvalue weighted by Crippen LogP contribution is -2.22. The number of ether oxygens (including phenoxy) is 1. The molecule has 0 saturated heterocycles. The van der Waals surface area contributed by atoms with Gasteiger partial charge in [-0.2, -0.15) is 5.10 Å². The Bertz CT molecular complexity index is 1210. The number of methoxy groups -OCH3 is 1. The molecule has 7 heteroatoms. The molecule has 1 amide bonds. The van der Waals surface area contributed by atoms with E-state index in [2.05, 4.69) is 15.2 Å². The Labute approximate surface area is 168 Å². The van der Waals surface area contributed by atoms with Gasteiger partial charge in [0.15, 0.2) is 5.65 Å². The van der Waals surface area contributed by atoms with Crippen molar-refractivity contribution in [3.8, 4) is 28.1 Å². The average molecular weight is 387 g/mol. The number of pyridine rings is 1. The van der Waals surface area contributed by atoms with Gasteiger partial charge >= 0.3 is 0 Å². The first kappa shape index (κ1) is 18.5. The molecule has 146 valence electrons. The smallest absolute Gasteiger partial charge is 0.255 e. The number of aromatic nitrogens is 3. The molecule has 7 nitrogen and oxygen atoms in total. The third-order valence-corrected chi connectivity index (χ3v) is 4.80. The number of hydrogen-bond donors (Lipinski definition) is 2. The van der Waals surface area contributed by atoms with Crippen LogP contribution in [0.3, 0.4) is 0 Å². The number of nitrogens with zero attached hydrogens (tertiary/aromatic N) is 3. The van der Waals surface area contributed by atoms with Crippen molar-refractivity contribution in [1.82, 2.24) is 20.1 Å². The SMILES string of the molecule is COc1ccccc1-c1n[nH]c2ncc(-c3ccc(N)c(C(=O)N(C)C)c3)cc12. The first-order valence-corrected chi connectivity index (χ1v) is 9.08. The number of fused-ring (bicyclic) bond motifs is 1. The van der Waals surface area contributed by atoms with Crippen LogP contribution >= 0.6 is 0 Å². The molecule has 2 heterocycles. The number of nitrogen functional groups attached to an aromatic ring is 1. The fourth-order valence-corrected chi connectivity index (χ4v) is 3.27. The number of carbonyl (C=O) groups excluding carboxylic acids is 1. The van der Waals surface area contributed by atoms with E-state index in [1.54, 1.807) is 39.5 Å². The first-order valence-electron chi connectivity index (χ1n) is 9.08. The molecular formula is C22H21N5O2. The Morgan fingerprint density at radius 3 is 2.66 bits per heavy atom. The van der Waals surface area contributed by atoms with Crippen LogP contribution in [0.2, 0.25) is 0 Å². The van der Waals surface area contributed by atoms with E-state index in [1.807, 2.05) is 36.4 Å². The molecule has 2 aromatic carbocycles. The molecular weight excluding hydrogens is 366 g/mol. The van der Waals surface area contributed by atoms with Crippen LogP contribution in [0, 0.1) is 0 Å². The Morgan fingerprint density at radius 2 is 1.90 bits per heavy atom. The number of H-pyrrole nitrogens is 1. The van der Waals surface area contributed by atoms with Crippen LogP contribution in [-0.2, 0) is 0 Å². The highest BCUT2D eigenvalue weighted by atomic mass is 16.5. The van der Waals surface area contributed by atoms with E-state index in [0.717, 1.165) is 33.5 Å². The summed E-state index contributed by atoms with van der Waals surface area (Å²) in [5.74, 6) is 0.592. The molecule has 29 heavy (non-hydrogen) atoms. The summed E-state index contributed by atoms with van der Waals surface area (Å²) in [7, 11) is 5.04. The van der Waals surface area contributed by atoms with Crippen LogP contribution in [0.4, 0.5) is 5.69 Å². The van der Waals surface area contributed by atoms with Crippen molar-refractivity contribution < 1.29 is 9.53 Å². The Kier molecular flexibility index (Phi) is 4.64. The van der Waals surface area contributed by atoms with Gasteiger partial charge in [0, 0.05) is 42.5 Å². The lowest BCUT2D eigenvalue weighted by Gasteiger charge is -2.13. The van der Waals surface area contributed by atoms with Gasteiger partial charge in [-0.15, -0.1) is 0 Å². The number of rotatable bonds is 4. The van der Waals surface area contributed by atoms with Crippen LogP contribution < -0.4 is 10.5 Å². The summed E-state index contributed by atoms with van der Waals surface area (Å²) in [6, 6.07) is 15.1. The van der Waals surface area contributed by atoms with Crippen LogP contribution in [0.1, 0.15) is 10.4 Å². The largest absolute Gasteiger partial charge is 0.496 e. The molecule has 0 aliphatic carbocycles. The zero-order valence-electron chi connectivity index (χ0n) is 16.4. The van der Waals surface area contributed by atoms with Crippen molar-refractivity contribution in [1.29, 1.82) is 0 Å². The maximum Gasteiger partial charge on any atom is 0.255 e. The van der Waals surface area contributed by atoms with Crippen LogP contribution in [0.15, 0.2) is 54.7 Å². The Morgan fingerprint density at radius 1 is 1.10 bits per heavy atom. The lowest BCUT2D eigenvalue weighted by molar-refractivity contribution is 0.0828. The fraction of sp³-hybridized carbons (Fsp3) is 0.136. The summed E-state index contributed by atoms with van der Waals surface area (Å²) in [6.07, 6.45) is 1.75. The van der Waals surface area contributed by atoms with Gasteiger partial charge in [0.2, 0.25) is 0 Å². The standard InChI is InChI=1S/C22H21N5O2/c1-27(2)22(28)16-10-13(8-9-18(16)23)14-11-17-20(25-26-21(17)24-12-14)15-6-4-5-7-19(15)29-3/h4-12H,23H2,1-3H3,(H,24,25,26). The van der Waals surface area contributed by atoms with Crippen molar-refractivity contribution in [2.24, 2.45) is 0 Å². The van der Waals surface area contributed by atoms with Crippen LogP contribution in [0.25, 0.3) is 33.4 Å². The molecule has 0 bridgehead atoms. The molecule has 0 unspecified atom stereocenters. The van der Waals surface area contributed by atoms with E-state index in [9.17, 15) is 4.79 Å². The maximum atomic E-state index is 12.4. The van der Waals surface area contributed by atoms with Crippen molar-refractivity contribution in [3.63, 3.8) is 0 Å². The highest BCUT2D eigenvalue weighted by Gasteiger charge is 2.16. The maximum absolute atomic E-state index is 12.4. The zero-order chi connectivity index (χ0) is 20.5. The van der Waals surface area contributed by atoms with Gasteiger partial charge in [-0.25, -0.2) is 4.98 Å². The summed E-state index contributed by atoms with van der Waals surface area (Å²) >= 11 is 0. The number of para-hydroxylation sites is 1. The summed E-state index contributed by atoms with van der Waals surface area (Å²) in [5.41, 5.74) is 11.0. The topological polar surface area (TPSA) is 97.1 Å². The van der Waals surface area contributed by atoms with Gasteiger partial charge in [0.1, 0.15) is 11.4 Å². The minimum absolute atomic E-state index is 0.142. The number of aromatic amines is 1. The predicted octanol–water partition coefficient (Wildman–Crippen LogP) is 3.58. The van der Waals surface area contributed by atoms with Crippen LogP contribution in [0.5, 0.6) is 5.75 Å². The number of anilines is 1. The molecule has 4 rings (SSSR count). The summed E-state index contributed by atoms with van der Waals surface area (Å²) in [5, 5.41) is 8.28. The quantitative estimate of drug-likeness (QED) is 0.522. The van der Waals surface area contributed by atoms with E-state index < -0.39 is 0 Å². The molecule has 0 fully saturated rings. The zero-order valence-corrected chi connectivity index (χ0v) is 16.4. The first-order chi connectivity index (χ1) is 14.0. The Balaban J connectivity index is 1.85. The molecule has 0 saturated carbocycles. The minimum atomic E-state index is -0.142. The van der Waals surface area contributed by atoms with Gasteiger partial charge < -0.3 is 15.4 Å². The monoisotopic (exact) mass is 387 g/mol. The normalized spacial score (nSPS) is 10.9. The molecule has 0 spiro atoms. The van der Waals surface area contributed by atoms with Crippen molar-refractivity contribution in [3.05, 3.63) is 60.3 Å². The number of nitrogens with two attached hydrogens (primary N) is 1. The summed E-state index contributed by atoms with van der Waals surface area (Å²) in [4.78, 5) is 18.4. The summed E-state index contributed by atoms with van der Waals surface area (Å²) in [6.45, 7) is 0. The van der Waals surface area contributed by atoms with E-state index in [0.29, 0.717) is 16.9 Å². The predicted molar refractivity (Wildman–Crippen MR) is 114 cm³/mol. The molecule has 0 aliphatic heterocycles. The summed E-state index contributed by atoms with van der Waals surface area (Å²) < 4.78 is 5.48. The highest BCUT2D eigenvalue weighted by Crippen LogP contribution is 2.34. The second kappa shape index (κ2) is 7.27. The van der Waals surface area contributed by atoms with Gasteiger partial charge in [0.05, 0.1) is 12.7 Å². The number of benzene rings is 2. The number of carbonyl (C=O) groups is 1. The number of hydrogen-bond acceptors (Lipinski definition) is 5. The highest BCUT2D eigenvalue weighted by molar-refractivity contribution is 6.01. The van der Waals surface area contributed by atoms with Crippen molar-refractivity contribution in [2.75, 3.05) is 26.9 Å². The minimum Gasteiger partial charge on any atom is -0.496 e. The second-order valence-electron chi connectivity index (χ2n) is 6.89. The van der Waals surface area contributed by atoms with Crippen molar-refractivity contribution >= 4 is 22.6 Å². The molecule has 0 atom stereocenters. The number of amides is 1. The van der Waals surface area contributed by atoms with E-state index in [4.69, 9.17) is 10.5 Å². The van der Waals surface area contributed by atoms with E-state index >= 15 is 0 Å². The molecule has 0 radical (unpaired) electrons. The molecule has 2 aromatic heterocycles. The van der Waals surface area contributed by atoms with E-state index in [-0.39, 0.29) is 5.91 Å². The van der Waals surface area contributed by atoms with Gasteiger partial charge in [-0.3, -0.25) is 9.89 Å². The lowest BCUT2D eigenvalue weighted by atomic mass is 10.0. The Hall–Kier alpha value is -3.87. The van der Waals surface area contributed by atoms with E-state index in [1.165, 1.54) is 4.90 Å². The third-order valence-electron chi connectivity index (χ3n) is 4.80.